The van der Waals surface area contributed by atoms with Gasteiger partial charge in [-0.3, -0.25) is 5.32 Å². The molecule has 1 fully saturated rings. The van der Waals surface area contributed by atoms with Crippen molar-refractivity contribution in [2.24, 2.45) is 0 Å². The lowest BCUT2D eigenvalue weighted by Crippen LogP contribution is -2.32. The van der Waals surface area contributed by atoms with Gasteiger partial charge >= 0.3 is 0 Å². The number of nitriles is 2. The maximum absolute atomic E-state index is 8.86. The molecule has 1 saturated heterocycles. The van der Waals surface area contributed by atoms with Gasteiger partial charge in [0.25, 0.3) is 0 Å². The Morgan fingerprint density at radius 3 is 3.06 bits per heavy atom. The fraction of sp³-hybridized carbons (Fsp3) is 0.385. The topological polar surface area (TPSA) is 62.9 Å². The molecule has 0 amide bonds. The second-order valence-electron chi connectivity index (χ2n) is 4.13. The molecule has 17 heavy (non-hydrogen) atoms. The monoisotopic (exact) mass is 226 g/mol. The molecule has 0 aromatic heterocycles. The average molecular weight is 226 g/mol. The van der Waals surface area contributed by atoms with Gasteiger partial charge in [0.05, 0.1) is 24.2 Å². The average Bonchev–Trinajstić information content (AvgIpc) is 2.85. The number of hydrogen-bond acceptors (Lipinski definition) is 4. The van der Waals surface area contributed by atoms with Crippen LogP contribution in [0.4, 0.5) is 5.69 Å². The first-order valence-electron chi connectivity index (χ1n) is 5.69. The summed E-state index contributed by atoms with van der Waals surface area (Å²) in [7, 11) is 0. The van der Waals surface area contributed by atoms with Gasteiger partial charge in [-0.05, 0) is 24.6 Å². The van der Waals surface area contributed by atoms with E-state index in [0.717, 1.165) is 25.2 Å². The van der Waals surface area contributed by atoms with E-state index in [1.807, 2.05) is 24.3 Å². The number of benzene rings is 1. The van der Waals surface area contributed by atoms with Crippen molar-refractivity contribution in [3.63, 3.8) is 0 Å². The third-order valence-electron chi connectivity index (χ3n) is 3.00. The Morgan fingerprint density at radius 1 is 1.41 bits per heavy atom. The first kappa shape index (κ1) is 11.4. The van der Waals surface area contributed by atoms with Crippen LogP contribution in [0.2, 0.25) is 0 Å². The van der Waals surface area contributed by atoms with Crippen LogP contribution < -0.4 is 10.2 Å². The van der Waals surface area contributed by atoms with Crippen molar-refractivity contribution < 1.29 is 0 Å². The van der Waals surface area contributed by atoms with Gasteiger partial charge in [-0.15, -0.1) is 0 Å². The van der Waals surface area contributed by atoms with Crippen LogP contribution in [0.15, 0.2) is 24.3 Å². The van der Waals surface area contributed by atoms with Crippen molar-refractivity contribution in [3.8, 4) is 12.1 Å². The molecule has 1 atom stereocenters. The molecule has 86 valence electrons. The zero-order valence-electron chi connectivity index (χ0n) is 9.56. The lowest BCUT2D eigenvalue weighted by atomic mass is 10.2. The number of hydrogen-bond donors (Lipinski definition) is 1. The van der Waals surface area contributed by atoms with Crippen LogP contribution in [-0.4, -0.2) is 25.7 Å². The highest BCUT2D eigenvalue weighted by Crippen LogP contribution is 2.21. The van der Waals surface area contributed by atoms with Crippen molar-refractivity contribution in [3.05, 3.63) is 29.8 Å². The minimum absolute atomic E-state index is 0.375. The van der Waals surface area contributed by atoms with Crippen LogP contribution in [0.5, 0.6) is 0 Å². The molecule has 4 nitrogen and oxygen atoms in total. The van der Waals surface area contributed by atoms with Crippen molar-refractivity contribution in [2.45, 2.75) is 12.5 Å². The van der Waals surface area contributed by atoms with E-state index < -0.39 is 0 Å². The Labute approximate surface area is 101 Å². The van der Waals surface area contributed by atoms with Crippen LogP contribution in [0.25, 0.3) is 0 Å². The highest BCUT2D eigenvalue weighted by molar-refractivity contribution is 5.52. The number of anilines is 1. The molecule has 4 heteroatoms. The highest BCUT2D eigenvalue weighted by atomic mass is 15.2. The Hall–Kier alpha value is -2.04. The van der Waals surface area contributed by atoms with Gasteiger partial charge in [-0.25, -0.2) is 0 Å². The predicted octanol–water partition coefficient (Wildman–Crippen LogP) is 1.25. The molecule has 1 aliphatic heterocycles. The normalized spacial score (nSPS) is 18.7. The molecule has 2 rings (SSSR count). The minimum Gasteiger partial charge on any atom is -0.370 e. The lowest BCUT2D eigenvalue weighted by Gasteiger charge is -2.18. The molecule has 1 unspecified atom stereocenters. The molecule has 0 radical (unpaired) electrons. The molecule has 0 aliphatic carbocycles. The van der Waals surface area contributed by atoms with Gasteiger partial charge < -0.3 is 4.90 Å². The van der Waals surface area contributed by atoms with E-state index in [9.17, 15) is 0 Å². The van der Waals surface area contributed by atoms with E-state index in [1.165, 1.54) is 0 Å². The van der Waals surface area contributed by atoms with Gasteiger partial charge in [-0.1, -0.05) is 6.07 Å². The molecule has 1 aromatic rings. The SMILES string of the molecule is N#CCNC1CCN(c2cccc(C#N)c2)C1. The van der Waals surface area contributed by atoms with Gasteiger partial charge in [0, 0.05) is 24.8 Å². The Bertz CT molecular complexity index is 469. The summed E-state index contributed by atoms with van der Waals surface area (Å²) in [6.07, 6.45) is 1.04. The fourth-order valence-corrected chi connectivity index (χ4v) is 2.12. The second kappa shape index (κ2) is 5.34. The van der Waals surface area contributed by atoms with Crippen molar-refractivity contribution in [2.75, 3.05) is 24.5 Å². The summed E-state index contributed by atoms with van der Waals surface area (Å²) in [6, 6.07) is 12.3. The third-order valence-corrected chi connectivity index (χ3v) is 3.00. The lowest BCUT2D eigenvalue weighted by molar-refractivity contribution is 0.591. The van der Waals surface area contributed by atoms with E-state index in [0.29, 0.717) is 18.2 Å². The van der Waals surface area contributed by atoms with E-state index >= 15 is 0 Å². The van der Waals surface area contributed by atoms with Crippen LogP contribution in [0, 0.1) is 22.7 Å². The molecular weight excluding hydrogens is 212 g/mol. The van der Waals surface area contributed by atoms with Gasteiger partial charge in [-0.2, -0.15) is 10.5 Å². The molecule has 0 saturated carbocycles. The summed E-state index contributed by atoms with van der Waals surface area (Å²) in [5, 5.41) is 20.6. The van der Waals surface area contributed by atoms with Crippen molar-refractivity contribution in [1.29, 1.82) is 10.5 Å². The summed E-state index contributed by atoms with van der Waals surface area (Å²) in [5.41, 5.74) is 1.78. The molecule has 1 aliphatic rings. The molecule has 1 heterocycles. The van der Waals surface area contributed by atoms with E-state index in [-0.39, 0.29) is 0 Å². The first-order chi connectivity index (χ1) is 8.33. The largest absolute Gasteiger partial charge is 0.370 e. The minimum atomic E-state index is 0.375. The Balaban J connectivity index is 2.00. The van der Waals surface area contributed by atoms with Crippen molar-refractivity contribution in [1.82, 2.24) is 5.32 Å². The summed E-state index contributed by atoms with van der Waals surface area (Å²) in [4.78, 5) is 2.25. The molecule has 0 bridgehead atoms. The van der Waals surface area contributed by atoms with Crippen LogP contribution in [0.3, 0.4) is 0 Å². The maximum Gasteiger partial charge on any atom is 0.0992 e. The van der Waals surface area contributed by atoms with Crippen LogP contribution in [-0.2, 0) is 0 Å². The smallest absolute Gasteiger partial charge is 0.0992 e. The van der Waals surface area contributed by atoms with E-state index in [2.05, 4.69) is 22.4 Å². The van der Waals surface area contributed by atoms with Gasteiger partial charge in [0.1, 0.15) is 0 Å². The quantitative estimate of drug-likeness (QED) is 0.788. The predicted molar refractivity (Wildman–Crippen MR) is 65.4 cm³/mol. The summed E-state index contributed by atoms with van der Waals surface area (Å²) >= 11 is 0. The maximum atomic E-state index is 8.86. The molecule has 1 N–H and O–H groups in total. The standard InChI is InChI=1S/C13H14N4/c14-5-6-16-12-4-7-17(10-12)13-3-1-2-11(8-13)9-15/h1-3,8,12,16H,4,6-7,10H2. The van der Waals surface area contributed by atoms with Crippen molar-refractivity contribution >= 4 is 5.69 Å². The Morgan fingerprint density at radius 2 is 2.29 bits per heavy atom. The van der Waals surface area contributed by atoms with Gasteiger partial charge in [0.2, 0.25) is 0 Å². The zero-order chi connectivity index (χ0) is 12.1. The summed E-state index contributed by atoms with van der Waals surface area (Å²) in [5.74, 6) is 0. The van der Waals surface area contributed by atoms with E-state index in [4.69, 9.17) is 10.5 Å². The molecule has 1 aromatic carbocycles. The summed E-state index contributed by atoms with van der Waals surface area (Å²) < 4.78 is 0. The van der Waals surface area contributed by atoms with Crippen LogP contribution in [0.1, 0.15) is 12.0 Å². The fourth-order valence-electron chi connectivity index (χ4n) is 2.12. The highest BCUT2D eigenvalue weighted by Gasteiger charge is 2.21. The Kier molecular flexibility index (Phi) is 3.59. The van der Waals surface area contributed by atoms with Gasteiger partial charge in [0.15, 0.2) is 0 Å². The zero-order valence-corrected chi connectivity index (χ0v) is 9.56. The third kappa shape index (κ3) is 2.75. The van der Waals surface area contributed by atoms with E-state index in [1.54, 1.807) is 0 Å². The molecular formula is C13H14N4. The number of nitrogens with one attached hydrogen (secondary N) is 1. The first-order valence-corrected chi connectivity index (χ1v) is 5.69. The summed E-state index contributed by atoms with van der Waals surface area (Å²) in [6.45, 7) is 2.27. The second-order valence-corrected chi connectivity index (χ2v) is 4.13. The molecule has 0 spiro atoms. The van der Waals surface area contributed by atoms with Crippen LogP contribution >= 0.6 is 0 Å². The number of rotatable bonds is 3. The number of nitrogens with zero attached hydrogens (tertiary/aromatic N) is 3.